The lowest BCUT2D eigenvalue weighted by molar-refractivity contribution is 0.797. The van der Waals surface area contributed by atoms with E-state index in [4.69, 9.17) is 0 Å². The van der Waals surface area contributed by atoms with Crippen LogP contribution in [0.3, 0.4) is 0 Å². The highest BCUT2D eigenvalue weighted by molar-refractivity contribution is 5.46. The number of benzene rings is 1. The molecule has 1 aromatic heterocycles. The predicted octanol–water partition coefficient (Wildman–Crippen LogP) is 2.75. The van der Waals surface area contributed by atoms with Crippen LogP contribution in [0.5, 0.6) is 0 Å². The Morgan fingerprint density at radius 3 is 2.94 bits per heavy atom. The number of rotatable bonds is 4. The van der Waals surface area contributed by atoms with Crippen molar-refractivity contribution in [3.63, 3.8) is 0 Å². The van der Waals surface area contributed by atoms with Gasteiger partial charge in [0.05, 0.1) is 6.33 Å². The van der Waals surface area contributed by atoms with Gasteiger partial charge in [0.15, 0.2) is 0 Å². The molecule has 0 bridgehead atoms. The van der Waals surface area contributed by atoms with Gasteiger partial charge in [0.1, 0.15) is 0 Å². The van der Waals surface area contributed by atoms with Crippen molar-refractivity contribution in [3.05, 3.63) is 48.5 Å². The van der Waals surface area contributed by atoms with E-state index in [1.165, 1.54) is 11.3 Å². The third-order valence-electron chi connectivity index (χ3n) is 2.31. The fraction of sp³-hybridized carbons (Fsp3) is 0.308. The van der Waals surface area contributed by atoms with Crippen LogP contribution in [0.4, 0.5) is 5.69 Å². The van der Waals surface area contributed by atoms with Crippen molar-refractivity contribution in [1.29, 1.82) is 0 Å². The lowest BCUT2D eigenvalue weighted by Gasteiger charge is -2.11. The summed E-state index contributed by atoms with van der Waals surface area (Å²) in [5.41, 5.74) is 2.45. The lowest BCUT2D eigenvalue weighted by Crippen LogP contribution is -2.09. The van der Waals surface area contributed by atoms with Gasteiger partial charge in [-0.05, 0) is 31.5 Å². The summed E-state index contributed by atoms with van der Waals surface area (Å²) in [5, 5.41) is 3.40. The molecular weight excluding hydrogens is 198 g/mol. The fourth-order valence-corrected chi connectivity index (χ4v) is 1.68. The van der Waals surface area contributed by atoms with Gasteiger partial charge in [-0.25, -0.2) is 4.98 Å². The summed E-state index contributed by atoms with van der Waals surface area (Å²) in [6.07, 6.45) is 5.61. The van der Waals surface area contributed by atoms with Crippen LogP contribution in [0, 0.1) is 0 Å². The molecule has 0 spiro atoms. The van der Waals surface area contributed by atoms with E-state index >= 15 is 0 Å². The van der Waals surface area contributed by atoms with E-state index in [0.717, 1.165) is 6.54 Å². The predicted molar refractivity (Wildman–Crippen MR) is 66.5 cm³/mol. The highest BCUT2D eigenvalue weighted by Gasteiger charge is 1.98. The van der Waals surface area contributed by atoms with E-state index in [0.29, 0.717) is 6.04 Å². The van der Waals surface area contributed by atoms with Gasteiger partial charge < -0.3 is 9.88 Å². The molecule has 0 aliphatic carbocycles. The molecule has 0 amide bonds. The number of hydrogen-bond donors (Lipinski definition) is 1. The molecule has 0 saturated carbocycles. The molecule has 0 unspecified atom stereocenters. The molecule has 3 nitrogen and oxygen atoms in total. The largest absolute Gasteiger partial charge is 0.383 e. The van der Waals surface area contributed by atoms with Gasteiger partial charge in [0.25, 0.3) is 0 Å². The Labute approximate surface area is 96.1 Å². The van der Waals surface area contributed by atoms with Crippen LogP contribution in [0.15, 0.2) is 43.0 Å². The summed E-state index contributed by atoms with van der Waals surface area (Å²) >= 11 is 0. The molecule has 0 aliphatic rings. The molecule has 84 valence electrons. The Morgan fingerprint density at radius 1 is 1.38 bits per heavy atom. The van der Waals surface area contributed by atoms with Crippen molar-refractivity contribution in [2.24, 2.45) is 0 Å². The number of nitrogens with zero attached hydrogens (tertiary/aromatic N) is 2. The zero-order valence-electron chi connectivity index (χ0n) is 9.72. The quantitative estimate of drug-likeness (QED) is 0.850. The second kappa shape index (κ2) is 4.84. The second-order valence-corrected chi connectivity index (χ2v) is 4.23. The lowest BCUT2D eigenvalue weighted by atomic mass is 10.2. The maximum Gasteiger partial charge on any atom is 0.0949 e. The molecule has 1 aromatic carbocycles. The monoisotopic (exact) mass is 215 g/mol. The molecule has 1 N–H and O–H groups in total. The molecule has 0 atom stereocenters. The first-order valence-corrected chi connectivity index (χ1v) is 5.55. The maximum atomic E-state index is 4.04. The molecule has 0 saturated heterocycles. The normalized spacial score (nSPS) is 10.7. The first kappa shape index (κ1) is 10.7. The van der Waals surface area contributed by atoms with E-state index < -0.39 is 0 Å². The van der Waals surface area contributed by atoms with Crippen molar-refractivity contribution in [1.82, 2.24) is 9.55 Å². The van der Waals surface area contributed by atoms with Gasteiger partial charge in [-0.15, -0.1) is 0 Å². The molecule has 0 fully saturated rings. The Kier molecular flexibility index (Phi) is 3.25. The summed E-state index contributed by atoms with van der Waals surface area (Å²) in [4.78, 5) is 4.04. The van der Waals surface area contributed by atoms with Gasteiger partial charge in [-0.1, -0.05) is 12.1 Å². The average Bonchev–Trinajstić information content (AvgIpc) is 2.70. The molecule has 0 aliphatic heterocycles. The van der Waals surface area contributed by atoms with Crippen LogP contribution in [0.25, 0.3) is 0 Å². The van der Waals surface area contributed by atoms with Crippen molar-refractivity contribution < 1.29 is 0 Å². The Bertz CT molecular complexity index is 432. The van der Waals surface area contributed by atoms with E-state index in [9.17, 15) is 0 Å². The minimum Gasteiger partial charge on any atom is -0.383 e. The van der Waals surface area contributed by atoms with E-state index in [1.54, 1.807) is 6.20 Å². The number of anilines is 1. The van der Waals surface area contributed by atoms with E-state index in [-0.39, 0.29) is 0 Å². The van der Waals surface area contributed by atoms with Crippen LogP contribution in [-0.4, -0.2) is 15.6 Å². The van der Waals surface area contributed by atoms with Crippen LogP contribution in [0.1, 0.15) is 19.4 Å². The third kappa shape index (κ3) is 2.86. The van der Waals surface area contributed by atoms with Crippen molar-refractivity contribution in [3.8, 4) is 0 Å². The molecule has 2 aromatic rings. The zero-order chi connectivity index (χ0) is 11.4. The molecule has 2 rings (SSSR count). The smallest absolute Gasteiger partial charge is 0.0949 e. The molecule has 0 radical (unpaired) electrons. The van der Waals surface area contributed by atoms with Gasteiger partial charge in [0, 0.05) is 30.7 Å². The van der Waals surface area contributed by atoms with Crippen LogP contribution < -0.4 is 5.32 Å². The SMILES string of the molecule is CC(C)Nc1cccc(Cn2ccnc2)c1. The Hall–Kier alpha value is -1.77. The Balaban J connectivity index is 2.10. The van der Waals surface area contributed by atoms with Crippen molar-refractivity contribution in [2.45, 2.75) is 26.4 Å². The zero-order valence-corrected chi connectivity index (χ0v) is 9.72. The topological polar surface area (TPSA) is 29.9 Å². The third-order valence-corrected chi connectivity index (χ3v) is 2.31. The molecule has 1 heterocycles. The Morgan fingerprint density at radius 2 is 2.25 bits per heavy atom. The van der Waals surface area contributed by atoms with Gasteiger partial charge in [0.2, 0.25) is 0 Å². The molecule has 16 heavy (non-hydrogen) atoms. The number of aromatic nitrogens is 2. The van der Waals surface area contributed by atoms with Gasteiger partial charge in [-0.3, -0.25) is 0 Å². The average molecular weight is 215 g/mol. The summed E-state index contributed by atoms with van der Waals surface area (Å²) in [6, 6.07) is 8.95. The highest BCUT2D eigenvalue weighted by Crippen LogP contribution is 2.12. The summed E-state index contributed by atoms with van der Waals surface area (Å²) < 4.78 is 2.06. The number of hydrogen-bond acceptors (Lipinski definition) is 2. The summed E-state index contributed by atoms with van der Waals surface area (Å²) in [7, 11) is 0. The summed E-state index contributed by atoms with van der Waals surface area (Å²) in [5.74, 6) is 0. The highest BCUT2D eigenvalue weighted by atomic mass is 15.0. The van der Waals surface area contributed by atoms with Crippen molar-refractivity contribution >= 4 is 5.69 Å². The standard InChI is InChI=1S/C13H17N3/c1-11(2)15-13-5-3-4-12(8-13)9-16-7-6-14-10-16/h3-8,10-11,15H,9H2,1-2H3. The summed E-state index contributed by atoms with van der Waals surface area (Å²) in [6.45, 7) is 5.15. The minimum absolute atomic E-state index is 0.462. The number of imidazole rings is 1. The van der Waals surface area contributed by atoms with Crippen LogP contribution in [-0.2, 0) is 6.54 Å². The maximum absolute atomic E-state index is 4.04. The van der Waals surface area contributed by atoms with Crippen LogP contribution >= 0.6 is 0 Å². The van der Waals surface area contributed by atoms with Gasteiger partial charge >= 0.3 is 0 Å². The molecule has 3 heteroatoms. The van der Waals surface area contributed by atoms with Gasteiger partial charge in [-0.2, -0.15) is 0 Å². The first-order valence-electron chi connectivity index (χ1n) is 5.55. The van der Waals surface area contributed by atoms with E-state index in [1.807, 2.05) is 12.5 Å². The minimum atomic E-state index is 0.462. The second-order valence-electron chi connectivity index (χ2n) is 4.23. The van der Waals surface area contributed by atoms with E-state index in [2.05, 4.69) is 53.0 Å². The number of nitrogens with one attached hydrogen (secondary N) is 1. The first-order chi connectivity index (χ1) is 7.74. The van der Waals surface area contributed by atoms with Crippen molar-refractivity contribution in [2.75, 3.05) is 5.32 Å². The fourth-order valence-electron chi connectivity index (χ4n) is 1.68. The van der Waals surface area contributed by atoms with Crippen LogP contribution in [0.2, 0.25) is 0 Å². The molecular formula is C13H17N3.